The Kier molecular flexibility index (Phi) is 2.85. The topological polar surface area (TPSA) is 0 Å². The average Bonchev–Trinajstić information content (AvgIpc) is 2.34. The maximum absolute atomic E-state index is 5.53. The molecule has 0 unspecified atom stereocenters. The second-order valence-electron chi connectivity index (χ2n) is 2.26. The van der Waals surface area contributed by atoms with Gasteiger partial charge < -0.3 is 0 Å². The van der Waals surface area contributed by atoms with E-state index >= 15 is 0 Å². The fourth-order valence-corrected chi connectivity index (χ4v) is 1.14. The monoisotopic (exact) mass is 142 g/mol. The molecule has 1 heteroatoms. The molecule has 0 aromatic heterocycles. The summed E-state index contributed by atoms with van der Waals surface area (Å²) in [5.74, 6) is 1.46. The molecule has 0 N–H and O–H groups in total. The fourth-order valence-electron chi connectivity index (χ4n) is 0.983. The van der Waals surface area contributed by atoms with Crippen LogP contribution in [0.5, 0.6) is 0 Å². The zero-order valence-corrected chi connectivity index (χ0v) is 6.14. The summed E-state index contributed by atoms with van der Waals surface area (Å²) in [6, 6.07) is 0. The number of rotatable bonds is 3. The van der Waals surface area contributed by atoms with E-state index in [1.54, 1.807) is 0 Å². The van der Waals surface area contributed by atoms with E-state index in [0.717, 1.165) is 12.3 Å². The van der Waals surface area contributed by atoms with Gasteiger partial charge in [-0.2, -0.15) is 0 Å². The third kappa shape index (κ3) is 2.23. The molecular formula is C8H11Cl. The first-order valence-corrected chi connectivity index (χ1v) is 3.88. The number of alkyl halides is 1. The average molecular weight is 143 g/mol. The van der Waals surface area contributed by atoms with Gasteiger partial charge in [-0.3, -0.25) is 0 Å². The van der Waals surface area contributed by atoms with Crippen molar-refractivity contribution >= 4 is 11.6 Å². The van der Waals surface area contributed by atoms with Crippen molar-refractivity contribution in [2.24, 2.45) is 5.92 Å². The number of allylic oxidation sites excluding steroid dienone is 4. The molecular weight excluding hydrogens is 132 g/mol. The van der Waals surface area contributed by atoms with Crippen molar-refractivity contribution in [1.29, 1.82) is 0 Å². The second kappa shape index (κ2) is 3.73. The molecule has 0 nitrogen and oxygen atoms in total. The molecule has 50 valence electrons. The Balaban J connectivity index is 2.13. The predicted molar refractivity (Wildman–Crippen MR) is 41.7 cm³/mol. The molecule has 0 bridgehead atoms. The molecule has 0 aliphatic heterocycles. The number of halogens is 1. The zero-order chi connectivity index (χ0) is 6.53. The molecule has 0 fully saturated rings. The Morgan fingerprint density at radius 2 is 1.89 bits per heavy atom. The highest BCUT2D eigenvalue weighted by molar-refractivity contribution is 6.17. The van der Waals surface area contributed by atoms with Crippen LogP contribution in [-0.2, 0) is 0 Å². The Hall–Kier alpha value is -0.230. The third-order valence-corrected chi connectivity index (χ3v) is 1.77. The molecule has 1 aliphatic rings. The van der Waals surface area contributed by atoms with E-state index in [9.17, 15) is 0 Å². The van der Waals surface area contributed by atoms with Gasteiger partial charge in [-0.15, -0.1) is 11.6 Å². The van der Waals surface area contributed by atoms with Crippen LogP contribution in [0.4, 0.5) is 0 Å². The first-order valence-electron chi connectivity index (χ1n) is 3.34. The van der Waals surface area contributed by atoms with Gasteiger partial charge in [0, 0.05) is 5.88 Å². The summed E-state index contributed by atoms with van der Waals surface area (Å²) in [5.41, 5.74) is 0. The van der Waals surface area contributed by atoms with Crippen LogP contribution in [0.15, 0.2) is 24.3 Å². The minimum Gasteiger partial charge on any atom is -0.127 e. The van der Waals surface area contributed by atoms with E-state index in [1.165, 1.54) is 6.42 Å². The lowest BCUT2D eigenvalue weighted by molar-refractivity contribution is 0.701. The molecule has 1 rings (SSSR count). The van der Waals surface area contributed by atoms with E-state index < -0.39 is 0 Å². The van der Waals surface area contributed by atoms with Crippen LogP contribution in [0.3, 0.4) is 0 Å². The van der Waals surface area contributed by atoms with Crippen molar-refractivity contribution in [2.75, 3.05) is 5.88 Å². The highest BCUT2D eigenvalue weighted by Crippen LogP contribution is 2.14. The van der Waals surface area contributed by atoms with Crippen LogP contribution in [0.1, 0.15) is 12.8 Å². The molecule has 0 atom stereocenters. The van der Waals surface area contributed by atoms with Gasteiger partial charge >= 0.3 is 0 Å². The van der Waals surface area contributed by atoms with Gasteiger partial charge in [-0.05, 0) is 18.8 Å². The maximum atomic E-state index is 5.53. The summed E-state index contributed by atoms with van der Waals surface area (Å²) >= 11 is 5.53. The van der Waals surface area contributed by atoms with Crippen molar-refractivity contribution < 1.29 is 0 Å². The highest BCUT2D eigenvalue weighted by atomic mass is 35.5. The molecule has 0 heterocycles. The molecule has 0 saturated heterocycles. The molecule has 0 amide bonds. The summed E-state index contributed by atoms with van der Waals surface area (Å²) in [6.45, 7) is 0. The van der Waals surface area contributed by atoms with Gasteiger partial charge in [0.25, 0.3) is 0 Å². The van der Waals surface area contributed by atoms with Gasteiger partial charge in [0.1, 0.15) is 0 Å². The lowest BCUT2D eigenvalue weighted by Gasteiger charge is -2.00. The fraction of sp³-hybridized carbons (Fsp3) is 0.500. The summed E-state index contributed by atoms with van der Waals surface area (Å²) in [6.07, 6.45) is 11.0. The molecule has 0 saturated carbocycles. The Morgan fingerprint density at radius 3 is 2.44 bits per heavy atom. The van der Waals surface area contributed by atoms with Gasteiger partial charge in [-0.25, -0.2) is 0 Å². The number of hydrogen-bond acceptors (Lipinski definition) is 0. The molecule has 0 aromatic rings. The molecule has 9 heavy (non-hydrogen) atoms. The van der Waals surface area contributed by atoms with Gasteiger partial charge in [0.2, 0.25) is 0 Å². The molecule has 0 spiro atoms. The molecule has 0 aromatic carbocycles. The lowest BCUT2D eigenvalue weighted by atomic mass is 10.1. The van der Waals surface area contributed by atoms with Crippen molar-refractivity contribution in [3.63, 3.8) is 0 Å². The normalized spacial score (nSPS) is 17.4. The third-order valence-electron chi connectivity index (χ3n) is 1.50. The first kappa shape index (κ1) is 6.88. The Morgan fingerprint density at radius 1 is 1.22 bits per heavy atom. The van der Waals surface area contributed by atoms with Gasteiger partial charge in [-0.1, -0.05) is 24.3 Å². The SMILES string of the molecule is ClCCCC1C=CC=C1. The van der Waals surface area contributed by atoms with E-state index in [0.29, 0.717) is 5.92 Å². The summed E-state index contributed by atoms with van der Waals surface area (Å²) in [7, 11) is 0. The Labute approximate surface area is 61.2 Å². The van der Waals surface area contributed by atoms with Crippen LogP contribution >= 0.6 is 11.6 Å². The Bertz CT molecular complexity index is 113. The van der Waals surface area contributed by atoms with Crippen molar-refractivity contribution in [1.82, 2.24) is 0 Å². The first-order chi connectivity index (χ1) is 4.43. The van der Waals surface area contributed by atoms with E-state index in [4.69, 9.17) is 11.6 Å². The minimum absolute atomic E-state index is 0.670. The predicted octanol–water partition coefficient (Wildman–Crippen LogP) is 2.75. The van der Waals surface area contributed by atoms with E-state index in [2.05, 4.69) is 24.3 Å². The van der Waals surface area contributed by atoms with Crippen LogP contribution < -0.4 is 0 Å². The van der Waals surface area contributed by atoms with Crippen LogP contribution in [-0.4, -0.2) is 5.88 Å². The van der Waals surface area contributed by atoms with Crippen molar-refractivity contribution in [2.45, 2.75) is 12.8 Å². The quantitative estimate of drug-likeness (QED) is 0.532. The highest BCUT2D eigenvalue weighted by Gasteiger charge is 2.00. The summed E-state index contributed by atoms with van der Waals surface area (Å²) in [4.78, 5) is 0. The maximum Gasteiger partial charge on any atom is 0.0223 e. The molecule has 0 radical (unpaired) electrons. The van der Waals surface area contributed by atoms with Crippen molar-refractivity contribution in [3.8, 4) is 0 Å². The number of hydrogen-bond donors (Lipinski definition) is 0. The second-order valence-corrected chi connectivity index (χ2v) is 2.64. The minimum atomic E-state index is 0.670. The van der Waals surface area contributed by atoms with Crippen molar-refractivity contribution in [3.05, 3.63) is 24.3 Å². The van der Waals surface area contributed by atoms with Gasteiger partial charge in [0.15, 0.2) is 0 Å². The van der Waals surface area contributed by atoms with Gasteiger partial charge in [0.05, 0.1) is 0 Å². The van der Waals surface area contributed by atoms with Crippen LogP contribution in [0, 0.1) is 5.92 Å². The molecule has 1 aliphatic carbocycles. The zero-order valence-electron chi connectivity index (χ0n) is 5.39. The largest absolute Gasteiger partial charge is 0.127 e. The smallest absolute Gasteiger partial charge is 0.0223 e. The summed E-state index contributed by atoms with van der Waals surface area (Å²) < 4.78 is 0. The van der Waals surface area contributed by atoms with E-state index in [-0.39, 0.29) is 0 Å². The van der Waals surface area contributed by atoms with Crippen LogP contribution in [0.2, 0.25) is 0 Å². The van der Waals surface area contributed by atoms with Crippen LogP contribution in [0.25, 0.3) is 0 Å². The van der Waals surface area contributed by atoms with E-state index in [1.807, 2.05) is 0 Å². The summed E-state index contributed by atoms with van der Waals surface area (Å²) in [5, 5.41) is 0. The lowest BCUT2D eigenvalue weighted by Crippen LogP contribution is -1.88. The standard InChI is InChI=1S/C8H11Cl/c9-7-3-6-8-4-1-2-5-8/h1-2,4-5,8H,3,6-7H2.